The summed E-state index contributed by atoms with van der Waals surface area (Å²) in [6.07, 6.45) is 4.32. The maximum Gasteiger partial charge on any atom is 0.286 e. The third kappa shape index (κ3) is 4.57. The molecule has 0 bridgehead atoms. The summed E-state index contributed by atoms with van der Waals surface area (Å²) in [5.74, 6) is 0. The summed E-state index contributed by atoms with van der Waals surface area (Å²) < 4.78 is 4.55. The van der Waals surface area contributed by atoms with E-state index in [1.807, 2.05) is 6.07 Å². The first kappa shape index (κ1) is 27.2. The minimum atomic E-state index is 0.908. The Labute approximate surface area is 272 Å². The van der Waals surface area contributed by atoms with Gasteiger partial charge in [0.2, 0.25) is 0 Å². The summed E-state index contributed by atoms with van der Waals surface area (Å²) in [7, 11) is 0. The first-order valence-corrected chi connectivity index (χ1v) is 16.1. The van der Waals surface area contributed by atoms with Crippen LogP contribution in [-0.2, 0) is 6.54 Å². The molecule has 4 heterocycles. The Morgan fingerprint density at radius 2 is 1.19 bits per heavy atom. The fraction of sp³-hybridized carbons (Fsp3) is 0.0465. The van der Waals surface area contributed by atoms with E-state index in [0.717, 1.165) is 56.3 Å². The van der Waals surface area contributed by atoms with Crippen molar-refractivity contribution in [1.82, 2.24) is 14.4 Å². The van der Waals surface area contributed by atoms with Crippen molar-refractivity contribution in [2.24, 2.45) is 0 Å². The summed E-state index contributed by atoms with van der Waals surface area (Å²) in [6.45, 7) is 3.11. The highest BCUT2D eigenvalue weighted by atomic mass is 15.1. The smallest absolute Gasteiger partial charge is 0.248 e. The lowest BCUT2D eigenvalue weighted by molar-refractivity contribution is -0.656. The number of benzene rings is 5. The molecule has 0 aliphatic heterocycles. The van der Waals surface area contributed by atoms with E-state index in [9.17, 15) is 0 Å². The van der Waals surface area contributed by atoms with Gasteiger partial charge in [-0.3, -0.25) is 0 Å². The number of nitrogens with zero attached hydrogens (tertiary/aromatic N) is 4. The van der Waals surface area contributed by atoms with E-state index in [-0.39, 0.29) is 0 Å². The van der Waals surface area contributed by atoms with Crippen LogP contribution >= 0.6 is 0 Å². The van der Waals surface area contributed by atoms with E-state index in [1.165, 1.54) is 33.4 Å². The van der Waals surface area contributed by atoms with Crippen molar-refractivity contribution < 1.29 is 4.57 Å². The maximum atomic E-state index is 5.30. The Kier molecular flexibility index (Phi) is 6.39. The minimum absolute atomic E-state index is 0.908. The molecule has 0 saturated carbocycles. The topological polar surface area (TPSA) is 34.1 Å². The van der Waals surface area contributed by atoms with Gasteiger partial charge in [-0.2, -0.15) is 0 Å². The van der Waals surface area contributed by atoms with E-state index in [1.54, 1.807) is 0 Å². The van der Waals surface area contributed by atoms with Gasteiger partial charge < -0.3 is 0 Å². The summed E-state index contributed by atoms with van der Waals surface area (Å²) >= 11 is 0. The predicted molar refractivity (Wildman–Crippen MR) is 193 cm³/mol. The summed E-state index contributed by atoms with van der Waals surface area (Å²) in [5.41, 5.74) is 12.1. The first-order valence-electron chi connectivity index (χ1n) is 16.1. The van der Waals surface area contributed by atoms with Crippen LogP contribution in [0.1, 0.15) is 6.92 Å². The Hall–Kier alpha value is -6.13. The normalized spacial score (nSPS) is 11.6. The molecular formula is C43H31N4+. The number of fused-ring (bicyclic) bond motifs is 6. The van der Waals surface area contributed by atoms with Crippen LogP contribution in [0.25, 0.3) is 83.1 Å². The molecule has 4 aromatic heterocycles. The molecule has 0 unspecified atom stereocenters. The second-order valence-corrected chi connectivity index (χ2v) is 12.0. The quantitative estimate of drug-likeness (QED) is 0.145. The van der Waals surface area contributed by atoms with Crippen molar-refractivity contribution in [3.8, 4) is 44.9 Å². The summed E-state index contributed by atoms with van der Waals surface area (Å²) in [6, 6.07) is 51.5. The molecule has 47 heavy (non-hydrogen) atoms. The van der Waals surface area contributed by atoms with Gasteiger partial charge in [0.25, 0.3) is 5.65 Å². The molecule has 0 N–H and O–H groups in total. The zero-order valence-electron chi connectivity index (χ0n) is 26.0. The second kappa shape index (κ2) is 11.0. The average molecular weight is 604 g/mol. The van der Waals surface area contributed by atoms with Gasteiger partial charge in [-0.05, 0) is 72.0 Å². The van der Waals surface area contributed by atoms with Crippen LogP contribution in [0.2, 0.25) is 0 Å². The van der Waals surface area contributed by atoms with Gasteiger partial charge in [0.15, 0.2) is 5.69 Å². The Bertz CT molecular complexity index is 2590. The van der Waals surface area contributed by atoms with Crippen LogP contribution in [0, 0.1) is 0 Å². The fourth-order valence-corrected chi connectivity index (χ4v) is 6.97. The van der Waals surface area contributed by atoms with Gasteiger partial charge in [0.1, 0.15) is 6.20 Å². The van der Waals surface area contributed by atoms with Crippen molar-refractivity contribution >= 4 is 38.2 Å². The van der Waals surface area contributed by atoms with Crippen LogP contribution in [0.15, 0.2) is 158 Å². The molecule has 222 valence electrons. The molecule has 0 aliphatic rings. The summed E-state index contributed by atoms with van der Waals surface area (Å²) in [5, 5.41) is 4.55. The molecule has 9 aromatic rings. The van der Waals surface area contributed by atoms with Crippen molar-refractivity contribution in [3.05, 3.63) is 158 Å². The zero-order valence-corrected chi connectivity index (χ0v) is 26.0. The van der Waals surface area contributed by atoms with Gasteiger partial charge in [-0.25, -0.2) is 18.9 Å². The van der Waals surface area contributed by atoms with Crippen molar-refractivity contribution in [1.29, 1.82) is 0 Å². The molecule has 0 fully saturated rings. The van der Waals surface area contributed by atoms with E-state index in [2.05, 4.69) is 168 Å². The molecular weight excluding hydrogens is 573 g/mol. The number of aromatic nitrogens is 4. The van der Waals surface area contributed by atoms with E-state index < -0.39 is 0 Å². The molecule has 4 nitrogen and oxygen atoms in total. The molecule has 0 aliphatic carbocycles. The molecule has 0 radical (unpaired) electrons. The van der Waals surface area contributed by atoms with Gasteiger partial charge in [-0.15, -0.1) is 0 Å². The third-order valence-electron chi connectivity index (χ3n) is 9.27. The maximum absolute atomic E-state index is 5.30. The lowest BCUT2D eigenvalue weighted by Crippen LogP contribution is -2.33. The highest BCUT2D eigenvalue weighted by Gasteiger charge is 2.18. The van der Waals surface area contributed by atoms with Crippen LogP contribution in [0.4, 0.5) is 0 Å². The average Bonchev–Trinajstić information content (AvgIpc) is 3.53. The molecule has 0 saturated heterocycles. The van der Waals surface area contributed by atoms with Crippen molar-refractivity contribution in [3.63, 3.8) is 0 Å². The number of imidazole rings is 1. The Morgan fingerprint density at radius 3 is 1.98 bits per heavy atom. The standard InChI is InChI=1S/C43H31N4/c1-2-47-40(28-46-26-10-9-15-41(46)47)31-18-16-29(17-19-31)33-20-23-39-36(27-33)34-21-25-38-35(22-24-37(44-38)30-11-5-3-6-12-30)42(34)43(45-39)32-13-7-4-8-14-32/h3-28H,2H2,1H3/q+1. The number of pyridine rings is 3. The van der Waals surface area contributed by atoms with E-state index in [0.29, 0.717) is 0 Å². The van der Waals surface area contributed by atoms with Crippen LogP contribution in [0.5, 0.6) is 0 Å². The highest BCUT2D eigenvalue weighted by molar-refractivity contribution is 6.21. The molecule has 0 spiro atoms. The number of rotatable bonds is 5. The molecule has 4 heteroatoms. The predicted octanol–water partition coefficient (Wildman–Crippen LogP) is 10.2. The molecule has 0 amide bonds. The van der Waals surface area contributed by atoms with Gasteiger partial charge >= 0.3 is 0 Å². The monoisotopic (exact) mass is 603 g/mol. The summed E-state index contributed by atoms with van der Waals surface area (Å²) in [4.78, 5) is 10.4. The lowest BCUT2D eigenvalue weighted by atomic mass is 9.94. The van der Waals surface area contributed by atoms with E-state index >= 15 is 0 Å². The van der Waals surface area contributed by atoms with Gasteiger partial charge in [0, 0.05) is 38.9 Å². The molecule has 0 atom stereocenters. The highest BCUT2D eigenvalue weighted by Crippen LogP contribution is 2.39. The molecule has 5 aromatic carbocycles. The largest absolute Gasteiger partial charge is 0.286 e. The number of aryl methyl sites for hydroxylation is 1. The number of hydrogen-bond donors (Lipinski definition) is 0. The minimum Gasteiger partial charge on any atom is -0.248 e. The lowest BCUT2D eigenvalue weighted by Gasteiger charge is -2.14. The molecule has 9 rings (SSSR count). The van der Waals surface area contributed by atoms with Gasteiger partial charge in [0.05, 0.1) is 35.2 Å². The van der Waals surface area contributed by atoms with Crippen LogP contribution in [0.3, 0.4) is 0 Å². The van der Waals surface area contributed by atoms with Gasteiger partial charge in [-0.1, -0.05) is 91.0 Å². The third-order valence-corrected chi connectivity index (χ3v) is 9.27. The van der Waals surface area contributed by atoms with E-state index in [4.69, 9.17) is 9.97 Å². The van der Waals surface area contributed by atoms with Crippen LogP contribution in [-0.4, -0.2) is 14.4 Å². The first-order chi connectivity index (χ1) is 23.2. The Balaban J connectivity index is 1.20. The zero-order chi connectivity index (χ0) is 31.3. The Morgan fingerprint density at radius 1 is 0.532 bits per heavy atom. The van der Waals surface area contributed by atoms with Crippen LogP contribution < -0.4 is 4.57 Å². The van der Waals surface area contributed by atoms with Crippen molar-refractivity contribution in [2.45, 2.75) is 13.5 Å². The van der Waals surface area contributed by atoms with Crippen molar-refractivity contribution in [2.75, 3.05) is 0 Å². The second-order valence-electron chi connectivity index (χ2n) is 12.0. The fourth-order valence-electron chi connectivity index (χ4n) is 6.97. The number of hydrogen-bond acceptors (Lipinski definition) is 2. The SMILES string of the molecule is CC[n+]1c(-c2ccc(-c3ccc4nc(-c5ccccc5)c5c6ccc(-c7ccccc7)nc6ccc5c4c3)cc2)cn2ccccc21.